The lowest BCUT2D eigenvalue weighted by Crippen LogP contribution is -2.11. The Hall–Kier alpha value is -1.20. The monoisotopic (exact) mass is 312 g/mol. The van der Waals surface area contributed by atoms with Gasteiger partial charge in [-0.2, -0.15) is 5.10 Å². The fourth-order valence-electron chi connectivity index (χ4n) is 1.85. The van der Waals surface area contributed by atoms with Crippen LogP contribution in [-0.4, -0.2) is 14.9 Å². The summed E-state index contributed by atoms with van der Waals surface area (Å²) < 4.78 is 15.2. The van der Waals surface area contributed by atoms with Crippen molar-refractivity contribution in [2.75, 3.05) is 0 Å². The number of aliphatic hydroxyl groups is 1. The molecule has 0 aliphatic rings. The number of halogens is 2. The Morgan fingerprint density at radius 2 is 2.11 bits per heavy atom. The van der Waals surface area contributed by atoms with Gasteiger partial charge < -0.3 is 5.11 Å². The van der Waals surface area contributed by atoms with Crippen molar-refractivity contribution in [3.63, 3.8) is 0 Å². The molecular weight excluding hydrogens is 299 g/mol. The van der Waals surface area contributed by atoms with Gasteiger partial charge in [-0.1, -0.05) is 6.07 Å². The largest absolute Gasteiger partial charge is 0.386 e. The molecule has 5 heteroatoms. The molecule has 1 unspecified atom stereocenters. The van der Waals surface area contributed by atoms with Gasteiger partial charge in [-0.25, -0.2) is 4.39 Å². The molecule has 0 saturated heterocycles. The molecule has 0 saturated carbocycles. The lowest BCUT2D eigenvalue weighted by Gasteiger charge is -2.13. The maximum absolute atomic E-state index is 13.1. The number of rotatable bonds is 3. The molecule has 0 aliphatic heterocycles. The van der Waals surface area contributed by atoms with Gasteiger partial charge in [-0.3, -0.25) is 4.68 Å². The van der Waals surface area contributed by atoms with Crippen LogP contribution in [0.3, 0.4) is 0 Å². The van der Waals surface area contributed by atoms with E-state index < -0.39 is 6.10 Å². The highest BCUT2D eigenvalue weighted by Crippen LogP contribution is 2.22. The Morgan fingerprint density at radius 1 is 1.39 bits per heavy atom. The average molecular weight is 313 g/mol. The smallest absolute Gasteiger partial charge is 0.137 e. The highest BCUT2D eigenvalue weighted by atomic mass is 79.9. The second-order valence-corrected chi connectivity index (χ2v) is 5.15. The van der Waals surface area contributed by atoms with Crippen LogP contribution < -0.4 is 0 Å². The molecule has 0 bridgehead atoms. The SMILES string of the molecule is Cc1cc(C)n(CC(O)c2ccc(F)c(Br)c2)n1. The molecule has 1 atom stereocenters. The molecule has 0 fully saturated rings. The summed E-state index contributed by atoms with van der Waals surface area (Å²) in [7, 11) is 0. The van der Waals surface area contributed by atoms with Gasteiger partial charge in [0.1, 0.15) is 5.82 Å². The van der Waals surface area contributed by atoms with Crippen LogP contribution in [0.25, 0.3) is 0 Å². The third-order valence-electron chi connectivity index (χ3n) is 2.78. The highest BCUT2D eigenvalue weighted by Gasteiger charge is 2.12. The summed E-state index contributed by atoms with van der Waals surface area (Å²) >= 11 is 3.11. The first-order valence-electron chi connectivity index (χ1n) is 5.61. The van der Waals surface area contributed by atoms with Crippen molar-refractivity contribution in [2.24, 2.45) is 0 Å². The van der Waals surface area contributed by atoms with Gasteiger partial charge in [-0.15, -0.1) is 0 Å². The van der Waals surface area contributed by atoms with E-state index in [9.17, 15) is 9.50 Å². The molecule has 2 aromatic rings. The normalized spacial score (nSPS) is 12.7. The Morgan fingerprint density at radius 3 is 2.67 bits per heavy atom. The van der Waals surface area contributed by atoms with E-state index in [2.05, 4.69) is 21.0 Å². The first kappa shape index (κ1) is 13.2. The zero-order chi connectivity index (χ0) is 13.3. The summed E-state index contributed by atoms with van der Waals surface area (Å²) in [5.41, 5.74) is 2.57. The van der Waals surface area contributed by atoms with Gasteiger partial charge in [0.2, 0.25) is 0 Å². The summed E-state index contributed by atoms with van der Waals surface area (Å²) in [6, 6.07) is 6.46. The molecule has 96 valence electrons. The second kappa shape index (κ2) is 5.20. The summed E-state index contributed by atoms with van der Waals surface area (Å²) in [5.74, 6) is -0.336. The Kier molecular flexibility index (Phi) is 3.82. The minimum atomic E-state index is -0.708. The van der Waals surface area contributed by atoms with Crippen molar-refractivity contribution >= 4 is 15.9 Å². The predicted octanol–water partition coefficient (Wildman–Crippen LogP) is 3.14. The van der Waals surface area contributed by atoms with Crippen LogP contribution >= 0.6 is 15.9 Å². The maximum atomic E-state index is 13.1. The summed E-state index contributed by atoms with van der Waals surface area (Å²) in [5, 5.41) is 14.4. The number of nitrogens with zero attached hydrogens (tertiary/aromatic N) is 2. The van der Waals surface area contributed by atoms with Crippen LogP contribution in [0.5, 0.6) is 0 Å². The highest BCUT2D eigenvalue weighted by molar-refractivity contribution is 9.10. The summed E-state index contributed by atoms with van der Waals surface area (Å²) in [6.07, 6.45) is -0.708. The number of aromatic nitrogens is 2. The van der Waals surface area contributed by atoms with E-state index in [1.807, 2.05) is 19.9 Å². The van der Waals surface area contributed by atoms with E-state index in [1.165, 1.54) is 6.07 Å². The zero-order valence-corrected chi connectivity index (χ0v) is 11.8. The van der Waals surface area contributed by atoms with Gasteiger partial charge in [-0.05, 0) is 53.5 Å². The molecule has 18 heavy (non-hydrogen) atoms. The molecule has 0 amide bonds. The number of aliphatic hydroxyl groups excluding tert-OH is 1. The van der Waals surface area contributed by atoms with E-state index in [0.29, 0.717) is 16.6 Å². The predicted molar refractivity (Wildman–Crippen MR) is 70.8 cm³/mol. The number of hydrogen-bond donors (Lipinski definition) is 1. The average Bonchev–Trinajstić information content (AvgIpc) is 2.61. The minimum absolute atomic E-state index is 0.336. The van der Waals surface area contributed by atoms with Gasteiger partial charge in [0.25, 0.3) is 0 Å². The number of hydrogen-bond acceptors (Lipinski definition) is 2. The summed E-state index contributed by atoms with van der Waals surface area (Å²) in [6.45, 7) is 4.20. The van der Waals surface area contributed by atoms with Gasteiger partial charge >= 0.3 is 0 Å². The molecule has 3 nitrogen and oxygen atoms in total. The topological polar surface area (TPSA) is 38.0 Å². The van der Waals surface area contributed by atoms with Crippen LogP contribution in [0.15, 0.2) is 28.7 Å². The van der Waals surface area contributed by atoms with E-state index in [0.717, 1.165) is 11.4 Å². The standard InChI is InChI=1S/C13H14BrFN2O/c1-8-5-9(2)17(16-8)7-13(18)10-3-4-12(15)11(14)6-10/h3-6,13,18H,7H2,1-2H3. The molecule has 0 radical (unpaired) electrons. The Balaban J connectivity index is 2.19. The molecular formula is C13H14BrFN2O. The van der Waals surface area contributed by atoms with Crippen LogP contribution in [0.4, 0.5) is 4.39 Å². The fraction of sp³-hybridized carbons (Fsp3) is 0.308. The van der Waals surface area contributed by atoms with Crippen molar-refractivity contribution in [3.8, 4) is 0 Å². The van der Waals surface area contributed by atoms with E-state index in [1.54, 1.807) is 16.8 Å². The third-order valence-corrected chi connectivity index (χ3v) is 3.39. The minimum Gasteiger partial charge on any atom is -0.386 e. The Labute approximate surface area is 113 Å². The van der Waals surface area contributed by atoms with Crippen molar-refractivity contribution < 1.29 is 9.50 Å². The lowest BCUT2D eigenvalue weighted by atomic mass is 10.1. The van der Waals surface area contributed by atoms with Gasteiger partial charge in [0, 0.05) is 5.69 Å². The molecule has 1 aromatic heterocycles. The number of aryl methyl sites for hydroxylation is 2. The van der Waals surface area contributed by atoms with Crippen LogP contribution in [-0.2, 0) is 6.54 Å². The van der Waals surface area contributed by atoms with E-state index in [-0.39, 0.29) is 5.82 Å². The quantitative estimate of drug-likeness (QED) is 0.945. The van der Waals surface area contributed by atoms with Crippen molar-refractivity contribution in [3.05, 3.63) is 51.5 Å². The maximum Gasteiger partial charge on any atom is 0.137 e. The second-order valence-electron chi connectivity index (χ2n) is 4.30. The molecule has 0 spiro atoms. The van der Waals surface area contributed by atoms with Crippen LogP contribution in [0, 0.1) is 19.7 Å². The third kappa shape index (κ3) is 2.79. The van der Waals surface area contributed by atoms with Crippen molar-refractivity contribution in [1.29, 1.82) is 0 Å². The first-order valence-corrected chi connectivity index (χ1v) is 6.40. The number of benzene rings is 1. The van der Waals surface area contributed by atoms with Gasteiger partial charge in [0.15, 0.2) is 0 Å². The molecule has 1 aromatic carbocycles. The van der Waals surface area contributed by atoms with Gasteiger partial charge in [0.05, 0.1) is 22.8 Å². The van der Waals surface area contributed by atoms with E-state index >= 15 is 0 Å². The molecule has 0 aliphatic carbocycles. The van der Waals surface area contributed by atoms with E-state index in [4.69, 9.17) is 0 Å². The lowest BCUT2D eigenvalue weighted by molar-refractivity contribution is 0.150. The fourth-order valence-corrected chi connectivity index (χ4v) is 2.25. The Bertz CT molecular complexity index is 568. The first-order chi connectivity index (χ1) is 8.47. The molecule has 1 N–H and O–H groups in total. The van der Waals surface area contributed by atoms with Crippen molar-refractivity contribution in [1.82, 2.24) is 9.78 Å². The zero-order valence-electron chi connectivity index (χ0n) is 10.2. The van der Waals surface area contributed by atoms with Crippen molar-refractivity contribution in [2.45, 2.75) is 26.5 Å². The summed E-state index contributed by atoms with van der Waals surface area (Å²) in [4.78, 5) is 0. The van der Waals surface area contributed by atoms with Crippen LogP contribution in [0.1, 0.15) is 23.1 Å². The molecule has 2 rings (SSSR count). The van der Waals surface area contributed by atoms with Crippen LogP contribution in [0.2, 0.25) is 0 Å². The molecule has 1 heterocycles.